The van der Waals surface area contributed by atoms with Crippen molar-refractivity contribution in [3.8, 4) is 16.9 Å². The second-order valence-corrected chi connectivity index (χ2v) is 22.1. The Bertz CT molecular complexity index is 3320. The van der Waals surface area contributed by atoms with E-state index in [2.05, 4.69) is 48.8 Å². The Morgan fingerprint density at radius 1 is 0.880 bits per heavy atom. The molecule has 3 N–H and O–H groups in total. The number of hydrogen-bond acceptors (Lipinski definition) is 13. The zero-order chi connectivity index (χ0) is 52.5. The number of nitrogens with zero attached hydrogens (tertiary/aromatic N) is 6. The third kappa shape index (κ3) is 11.4. The maximum atomic E-state index is 14.1. The number of aryl methyl sites for hydroxylation is 1. The van der Waals surface area contributed by atoms with Crippen molar-refractivity contribution < 1.29 is 33.4 Å². The third-order valence-electron chi connectivity index (χ3n) is 14.5. The van der Waals surface area contributed by atoms with Gasteiger partial charge >= 0.3 is 5.97 Å². The molecule has 6 heterocycles. The predicted octanol–water partition coefficient (Wildman–Crippen LogP) is 9.74. The lowest BCUT2D eigenvalue weighted by molar-refractivity contribution is -0.134. The molecule has 4 aromatic carbocycles. The van der Waals surface area contributed by atoms with Gasteiger partial charge in [0, 0.05) is 48.8 Å². The van der Waals surface area contributed by atoms with E-state index in [1.165, 1.54) is 11.3 Å². The number of pyridine rings is 1. The number of amides is 4. The zero-order valence-electron chi connectivity index (χ0n) is 43.3. The Kier molecular flexibility index (Phi) is 14.5. The number of fused-ring (bicyclic) bond motifs is 3. The molecule has 0 radical (unpaired) electrons. The van der Waals surface area contributed by atoms with Gasteiger partial charge in [0.15, 0.2) is 10.8 Å². The monoisotopic (exact) mass is 1030 g/mol. The van der Waals surface area contributed by atoms with Gasteiger partial charge in [0.1, 0.15) is 17.2 Å². The van der Waals surface area contributed by atoms with Gasteiger partial charge in [-0.2, -0.15) is 5.10 Å². The number of aromatic nitrogens is 4. The third-order valence-corrected chi connectivity index (χ3v) is 15.5. The van der Waals surface area contributed by atoms with Gasteiger partial charge in [0.2, 0.25) is 17.7 Å². The molecule has 2 saturated heterocycles. The molecule has 3 aliphatic heterocycles. The van der Waals surface area contributed by atoms with Crippen LogP contribution in [0.3, 0.4) is 0 Å². The summed E-state index contributed by atoms with van der Waals surface area (Å²) in [5.41, 5.74) is 7.34. The Morgan fingerprint density at radius 3 is 2.47 bits per heavy atom. The number of thiazole rings is 1. The molecule has 0 spiro atoms. The van der Waals surface area contributed by atoms with E-state index in [9.17, 15) is 24.0 Å². The summed E-state index contributed by atoms with van der Waals surface area (Å²) < 4.78 is 15.3. The van der Waals surface area contributed by atoms with Crippen LogP contribution < -0.4 is 25.6 Å². The van der Waals surface area contributed by atoms with E-state index >= 15 is 0 Å². The van der Waals surface area contributed by atoms with Crippen LogP contribution in [0.2, 0.25) is 0 Å². The van der Waals surface area contributed by atoms with Gasteiger partial charge in [0.05, 0.1) is 40.0 Å². The van der Waals surface area contributed by atoms with Crippen LogP contribution in [-0.2, 0) is 39.1 Å². The molecule has 16 nitrogen and oxygen atoms in total. The molecule has 10 rings (SSSR count). The van der Waals surface area contributed by atoms with E-state index in [0.717, 1.165) is 87.9 Å². The lowest BCUT2D eigenvalue weighted by Gasteiger charge is -2.32. The number of ether oxygens (including phenoxy) is 2. The minimum absolute atomic E-state index is 0.0689. The fourth-order valence-corrected chi connectivity index (χ4v) is 11.5. The molecule has 4 amide bonds. The first kappa shape index (κ1) is 51.0. The lowest BCUT2D eigenvalue weighted by Crippen LogP contribution is -2.39. The number of carbonyl (C=O) groups excluding carboxylic acids is 5. The molecule has 7 aromatic rings. The molecule has 75 heavy (non-hydrogen) atoms. The number of likely N-dealkylation sites (tertiary alicyclic amines) is 1. The van der Waals surface area contributed by atoms with E-state index in [4.69, 9.17) is 14.5 Å². The SMILES string of the molecule is Cc1c(O[C@@H](C)CCC2CCN(CC(=O)Nc3ccc4c(C5CCC(=O)NC5=O)nn(C)c4c3)CC2)cccc1-c1ccc(N2CCc3cccc(C(=O)Nc4nc5ccccc5s4)c3C2)nc1C(=O)OC(C)(C)C. The zero-order valence-corrected chi connectivity index (χ0v) is 44.1. The summed E-state index contributed by atoms with van der Waals surface area (Å²) in [5.74, 6) is -0.0529. The first-order chi connectivity index (χ1) is 36.0. The molecule has 1 unspecified atom stereocenters. The van der Waals surface area contributed by atoms with Gasteiger partial charge in [0.25, 0.3) is 5.91 Å². The van der Waals surface area contributed by atoms with Gasteiger partial charge in [-0.3, -0.25) is 39.4 Å². The smallest absolute Gasteiger partial charge is 0.358 e. The highest BCUT2D eigenvalue weighted by atomic mass is 32.1. The minimum atomic E-state index is -0.755. The molecule has 2 atom stereocenters. The number of imide groups is 1. The van der Waals surface area contributed by atoms with E-state index in [-0.39, 0.29) is 41.8 Å². The van der Waals surface area contributed by atoms with E-state index in [1.54, 1.807) is 4.68 Å². The maximum absolute atomic E-state index is 14.1. The van der Waals surface area contributed by atoms with Crippen molar-refractivity contribution in [2.75, 3.05) is 41.7 Å². The standard InChI is InChI=1S/C58H63N9O7S/c1-34(17-18-36-25-28-66(29-26-36)33-51(69)59-38-19-20-42-46(31-38)65(6)64-52(42)43-22-24-50(68)62-55(43)71)73-47-15-10-12-39(35(47)2)40-21-23-49(61-53(40)56(72)74-58(3,4)5)67-30-27-37-11-9-13-41(44(37)32-67)54(70)63-57-60-45-14-7-8-16-48(45)75-57/h7-16,19-21,23,31,34,36,43H,17-18,22,24-30,32-33H2,1-6H3,(H,59,69)(H,60,63,70)(H,62,68,71)/t34-,43?/m0/s1. The molecule has 388 valence electrons. The number of nitrogens with one attached hydrogen (secondary N) is 3. The lowest BCUT2D eigenvalue weighted by atomic mass is 9.91. The summed E-state index contributed by atoms with van der Waals surface area (Å²) >= 11 is 1.44. The van der Waals surface area contributed by atoms with E-state index in [0.29, 0.717) is 71.9 Å². The van der Waals surface area contributed by atoms with Gasteiger partial charge in [-0.25, -0.2) is 14.8 Å². The number of benzene rings is 4. The highest BCUT2D eigenvalue weighted by Crippen LogP contribution is 2.37. The number of esters is 1. The predicted molar refractivity (Wildman–Crippen MR) is 291 cm³/mol. The Labute approximate surface area is 440 Å². The maximum Gasteiger partial charge on any atom is 0.358 e. The quantitative estimate of drug-likeness (QED) is 0.0692. The molecule has 0 bridgehead atoms. The van der Waals surface area contributed by atoms with Crippen LogP contribution in [0.25, 0.3) is 32.2 Å². The van der Waals surface area contributed by atoms with Crippen LogP contribution in [0.4, 0.5) is 16.6 Å². The van der Waals surface area contributed by atoms with Gasteiger partial charge in [-0.05, 0) is 169 Å². The second kappa shape index (κ2) is 21.4. The van der Waals surface area contributed by atoms with Crippen LogP contribution in [0.5, 0.6) is 5.75 Å². The van der Waals surface area contributed by atoms with Crippen molar-refractivity contribution in [1.82, 2.24) is 30.0 Å². The summed E-state index contributed by atoms with van der Waals surface area (Å²) in [6.45, 7) is 12.7. The first-order valence-corrected chi connectivity index (χ1v) is 26.7. The fourth-order valence-electron chi connectivity index (χ4n) is 10.6. The number of carbonyl (C=O) groups is 5. The summed E-state index contributed by atoms with van der Waals surface area (Å²) in [6.07, 6.45) is 5.16. The van der Waals surface area contributed by atoms with Crippen molar-refractivity contribution >= 4 is 78.7 Å². The Balaban J connectivity index is 0.753. The number of anilines is 3. The van der Waals surface area contributed by atoms with Gasteiger partial charge in [-0.15, -0.1) is 0 Å². The number of rotatable bonds is 14. The highest BCUT2D eigenvalue weighted by Gasteiger charge is 2.33. The average molecular weight is 1030 g/mol. The molecule has 17 heteroatoms. The topological polar surface area (TPSA) is 190 Å². The van der Waals surface area contributed by atoms with Crippen molar-refractivity contribution in [2.45, 2.75) is 104 Å². The number of para-hydroxylation sites is 1. The highest BCUT2D eigenvalue weighted by molar-refractivity contribution is 7.22. The number of piperidine rings is 2. The molecule has 0 saturated carbocycles. The summed E-state index contributed by atoms with van der Waals surface area (Å²) in [4.78, 5) is 79.4. The van der Waals surface area contributed by atoms with Crippen LogP contribution in [0.15, 0.2) is 91.0 Å². The summed E-state index contributed by atoms with van der Waals surface area (Å²) in [6, 6.07) is 29.0. The van der Waals surface area contributed by atoms with Crippen LogP contribution in [0.1, 0.15) is 115 Å². The Hall–Kier alpha value is -7.50. The Morgan fingerprint density at radius 2 is 1.68 bits per heavy atom. The molecule has 3 aromatic heterocycles. The molecule has 2 fully saturated rings. The first-order valence-electron chi connectivity index (χ1n) is 25.9. The molecular weight excluding hydrogens is 967 g/mol. The minimum Gasteiger partial charge on any atom is -0.490 e. The second-order valence-electron chi connectivity index (χ2n) is 21.1. The van der Waals surface area contributed by atoms with Crippen LogP contribution in [0, 0.1) is 12.8 Å². The average Bonchev–Trinajstić information content (AvgIpc) is 3.95. The van der Waals surface area contributed by atoms with Crippen molar-refractivity contribution in [3.63, 3.8) is 0 Å². The fraction of sp³-hybridized carbons (Fsp3) is 0.379. The summed E-state index contributed by atoms with van der Waals surface area (Å²) in [7, 11) is 1.81. The van der Waals surface area contributed by atoms with Gasteiger partial charge in [-0.1, -0.05) is 47.7 Å². The largest absolute Gasteiger partial charge is 0.490 e. The van der Waals surface area contributed by atoms with Gasteiger partial charge < -0.3 is 19.7 Å². The molecule has 3 aliphatic rings. The molecular formula is C58H63N9O7S. The van der Waals surface area contributed by atoms with Crippen LogP contribution in [-0.4, -0.2) is 92.1 Å². The molecule has 0 aliphatic carbocycles. The van der Waals surface area contributed by atoms with Crippen molar-refractivity contribution in [3.05, 3.63) is 125 Å². The van der Waals surface area contributed by atoms with Crippen molar-refractivity contribution in [1.29, 1.82) is 0 Å². The van der Waals surface area contributed by atoms with E-state index in [1.807, 2.05) is 120 Å². The summed E-state index contributed by atoms with van der Waals surface area (Å²) in [5, 5.41) is 14.5. The van der Waals surface area contributed by atoms with Crippen molar-refractivity contribution in [2.24, 2.45) is 13.0 Å². The van der Waals surface area contributed by atoms with Crippen LogP contribution >= 0.6 is 11.3 Å². The normalized spacial score (nSPS) is 16.9. The van der Waals surface area contributed by atoms with E-state index < -0.39 is 17.5 Å². The number of hydrogen-bond donors (Lipinski definition) is 3.